The van der Waals surface area contributed by atoms with E-state index in [1.54, 1.807) is 0 Å². The Morgan fingerprint density at radius 3 is 2.37 bits per heavy atom. The molecule has 2 atom stereocenters. The Bertz CT molecular complexity index is 350. The quantitative estimate of drug-likeness (QED) is 0.772. The van der Waals surface area contributed by atoms with Crippen LogP contribution < -0.4 is 10.2 Å². The van der Waals surface area contributed by atoms with E-state index in [2.05, 4.69) is 38.0 Å². The van der Waals surface area contributed by atoms with Gasteiger partial charge >= 0.3 is 0 Å². The van der Waals surface area contributed by atoms with Crippen LogP contribution in [0.5, 0.6) is 0 Å². The summed E-state index contributed by atoms with van der Waals surface area (Å²) in [5, 5.41) is 3.62. The van der Waals surface area contributed by atoms with Crippen LogP contribution in [-0.2, 0) is 0 Å². The van der Waals surface area contributed by atoms with Gasteiger partial charge in [-0.15, -0.1) is 0 Å². The number of benzene rings is 1. The van der Waals surface area contributed by atoms with Crippen LogP contribution in [0.4, 0.5) is 10.1 Å². The second kappa shape index (κ2) is 8.16. The van der Waals surface area contributed by atoms with Crippen LogP contribution in [0.1, 0.15) is 33.6 Å². The molecular weight excluding hydrogens is 239 g/mol. The van der Waals surface area contributed by atoms with Gasteiger partial charge in [0, 0.05) is 25.3 Å². The second-order valence-corrected chi connectivity index (χ2v) is 5.30. The van der Waals surface area contributed by atoms with Crippen molar-refractivity contribution in [2.75, 3.05) is 25.0 Å². The van der Waals surface area contributed by atoms with E-state index in [9.17, 15) is 4.39 Å². The molecule has 0 aliphatic heterocycles. The lowest BCUT2D eigenvalue weighted by molar-refractivity contribution is 0.370. The van der Waals surface area contributed by atoms with Gasteiger partial charge in [0.15, 0.2) is 0 Å². The molecule has 0 aliphatic carbocycles. The zero-order valence-corrected chi connectivity index (χ0v) is 12.6. The Balaban J connectivity index is 2.63. The Kier molecular flexibility index (Phi) is 6.85. The molecule has 2 unspecified atom stereocenters. The molecule has 0 bridgehead atoms. The molecule has 1 rings (SSSR count). The molecule has 2 nitrogen and oxygen atoms in total. The number of nitrogens with zero attached hydrogens (tertiary/aromatic N) is 1. The molecule has 0 aromatic heterocycles. The Morgan fingerprint density at radius 2 is 1.84 bits per heavy atom. The maximum absolute atomic E-state index is 12.9. The van der Waals surface area contributed by atoms with E-state index in [0.29, 0.717) is 12.0 Å². The van der Waals surface area contributed by atoms with Crippen molar-refractivity contribution in [3.63, 3.8) is 0 Å². The third-order valence-corrected chi connectivity index (χ3v) is 3.73. The van der Waals surface area contributed by atoms with E-state index in [-0.39, 0.29) is 5.82 Å². The predicted octanol–water partition coefficient (Wildman–Crippen LogP) is 3.68. The average Bonchev–Trinajstić information content (AvgIpc) is 2.43. The lowest BCUT2D eigenvalue weighted by Crippen LogP contribution is -2.44. The van der Waals surface area contributed by atoms with Crippen molar-refractivity contribution < 1.29 is 4.39 Å². The summed E-state index contributed by atoms with van der Waals surface area (Å²) in [7, 11) is 2.07. The molecule has 3 heteroatoms. The summed E-state index contributed by atoms with van der Waals surface area (Å²) < 4.78 is 12.9. The van der Waals surface area contributed by atoms with Crippen molar-refractivity contribution in [2.45, 2.75) is 39.7 Å². The minimum absolute atomic E-state index is 0.181. The molecule has 0 heterocycles. The van der Waals surface area contributed by atoms with Crippen LogP contribution in [0, 0.1) is 11.7 Å². The van der Waals surface area contributed by atoms with Gasteiger partial charge < -0.3 is 10.2 Å². The number of hydrogen-bond donors (Lipinski definition) is 1. The van der Waals surface area contributed by atoms with Crippen LogP contribution in [0.3, 0.4) is 0 Å². The van der Waals surface area contributed by atoms with Crippen LogP contribution in [0.15, 0.2) is 24.3 Å². The molecule has 0 saturated heterocycles. The highest BCUT2D eigenvalue weighted by Crippen LogP contribution is 2.16. The predicted molar refractivity (Wildman–Crippen MR) is 81.2 cm³/mol. The van der Waals surface area contributed by atoms with Gasteiger partial charge in [-0.2, -0.15) is 0 Å². The fourth-order valence-corrected chi connectivity index (χ4v) is 2.16. The summed E-state index contributed by atoms with van der Waals surface area (Å²) in [5.74, 6) is 0.453. The molecule has 0 amide bonds. The SMILES string of the molecule is CCCNC(CN(C)c1ccc(F)cc1)C(C)CC. The molecule has 19 heavy (non-hydrogen) atoms. The smallest absolute Gasteiger partial charge is 0.123 e. The van der Waals surface area contributed by atoms with Crippen molar-refractivity contribution in [3.8, 4) is 0 Å². The second-order valence-electron chi connectivity index (χ2n) is 5.30. The first kappa shape index (κ1) is 16.0. The van der Waals surface area contributed by atoms with Gasteiger partial charge in [-0.1, -0.05) is 27.2 Å². The third kappa shape index (κ3) is 5.19. The van der Waals surface area contributed by atoms with E-state index in [0.717, 1.165) is 25.2 Å². The maximum Gasteiger partial charge on any atom is 0.123 e. The van der Waals surface area contributed by atoms with Gasteiger partial charge in [0.05, 0.1) is 0 Å². The van der Waals surface area contributed by atoms with E-state index < -0.39 is 0 Å². The molecule has 1 aromatic rings. The van der Waals surface area contributed by atoms with E-state index in [1.165, 1.54) is 18.6 Å². The Labute approximate surface area is 117 Å². The highest BCUT2D eigenvalue weighted by atomic mass is 19.1. The molecule has 0 aliphatic rings. The summed E-state index contributed by atoms with van der Waals surface area (Å²) >= 11 is 0. The van der Waals surface area contributed by atoms with Gasteiger partial charge in [0.2, 0.25) is 0 Å². The van der Waals surface area contributed by atoms with Crippen LogP contribution in [0.2, 0.25) is 0 Å². The average molecular weight is 266 g/mol. The number of anilines is 1. The van der Waals surface area contributed by atoms with Gasteiger partial charge in [-0.05, 0) is 43.1 Å². The van der Waals surface area contributed by atoms with Gasteiger partial charge in [0.25, 0.3) is 0 Å². The van der Waals surface area contributed by atoms with Crippen molar-refractivity contribution in [1.29, 1.82) is 0 Å². The molecule has 0 spiro atoms. The monoisotopic (exact) mass is 266 g/mol. The summed E-state index contributed by atoms with van der Waals surface area (Å²) in [6, 6.07) is 7.18. The Morgan fingerprint density at radius 1 is 1.21 bits per heavy atom. The third-order valence-electron chi connectivity index (χ3n) is 3.73. The summed E-state index contributed by atoms with van der Waals surface area (Å²) in [6.07, 6.45) is 2.31. The normalized spacial score (nSPS) is 14.2. The van der Waals surface area contributed by atoms with Crippen LogP contribution in [0.25, 0.3) is 0 Å². The van der Waals surface area contributed by atoms with Crippen molar-refractivity contribution in [1.82, 2.24) is 5.32 Å². The van der Waals surface area contributed by atoms with E-state index in [4.69, 9.17) is 0 Å². The van der Waals surface area contributed by atoms with E-state index in [1.807, 2.05) is 12.1 Å². The topological polar surface area (TPSA) is 15.3 Å². The lowest BCUT2D eigenvalue weighted by atomic mass is 9.98. The number of nitrogens with one attached hydrogen (secondary N) is 1. The van der Waals surface area contributed by atoms with Crippen LogP contribution >= 0.6 is 0 Å². The minimum atomic E-state index is -0.181. The molecule has 0 radical (unpaired) electrons. The number of halogens is 1. The molecule has 1 N–H and O–H groups in total. The fourth-order valence-electron chi connectivity index (χ4n) is 2.16. The zero-order valence-electron chi connectivity index (χ0n) is 12.6. The van der Waals surface area contributed by atoms with Crippen LogP contribution in [-0.4, -0.2) is 26.2 Å². The first-order chi connectivity index (χ1) is 9.08. The number of rotatable bonds is 8. The molecule has 1 aromatic carbocycles. The zero-order chi connectivity index (χ0) is 14.3. The number of likely N-dealkylation sites (N-methyl/N-ethyl adjacent to an activating group) is 1. The maximum atomic E-state index is 12.9. The van der Waals surface area contributed by atoms with Crippen molar-refractivity contribution in [3.05, 3.63) is 30.1 Å². The highest BCUT2D eigenvalue weighted by molar-refractivity contribution is 5.45. The molecule has 108 valence electrons. The number of hydrogen-bond acceptors (Lipinski definition) is 2. The molecule has 0 fully saturated rings. The standard InChI is InChI=1S/C16H27FN2/c1-5-11-18-16(13(3)6-2)12-19(4)15-9-7-14(17)8-10-15/h7-10,13,16,18H,5-6,11-12H2,1-4H3. The summed E-state index contributed by atoms with van der Waals surface area (Å²) in [5.41, 5.74) is 1.06. The first-order valence-electron chi connectivity index (χ1n) is 7.28. The molecule has 0 saturated carbocycles. The Hall–Kier alpha value is -1.09. The first-order valence-corrected chi connectivity index (χ1v) is 7.28. The fraction of sp³-hybridized carbons (Fsp3) is 0.625. The van der Waals surface area contributed by atoms with Gasteiger partial charge in [-0.25, -0.2) is 4.39 Å². The van der Waals surface area contributed by atoms with Gasteiger partial charge in [0.1, 0.15) is 5.82 Å². The van der Waals surface area contributed by atoms with Crippen molar-refractivity contribution in [2.24, 2.45) is 5.92 Å². The summed E-state index contributed by atoms with van der Waals surface area (Å²) in [4.78, 5) is 2.19. The van der Waals surface area contributed by atoms with Gasteiger partial charge in [-0.3, -0.25) is 0 Å². The largest absolute Gasteiger partial charge is 0.373 e. The minimum Gasteiger partial charge on any atom is -0.373 e. The lowest BCUT2D eigenvalue weighted by Gasteiger charge is -2.30. The van der Waals surface area contributed by atoms with Crippen molar-refractivity contribution >= 4 is 5.69 Å². The summed E-state index contributed by atoms with van der Waals surface area (Å²) in [6.45, 7) is 8.69. The highest BCUT2D eigenvalue weighted by Gasteiger charge is 2.17. The molecular formula is C16H27FN2. The van der Waals surface area contributed by atoms with E-state index >= 15 is 0 Å².